The standard InChI is InChI=1S/C15H21NO/c16-4-2-1-3-14(17)15-8-11-5-12(9-15)7-13(6-11)10-15/h11-13H,1-3,5-10H2. The van der Waals surface area contributed by atoms with Gasteiger partial charge in [0.05, 0.1) is 6.07 Å². The molecular weight excluding hydrogens is 210 g/mol. The van der Waals surface area contributed by atoms with Gasteiger partial charge in [-0.3, -0.25) is 4.79 Å². The zero-order valence-corrected chi connectivity index (χ0v) is 10.5. The van der Waals surface area contributed by atoms with E-state index in [1.807, 2.05) is 0 Å². The van der Waals surface area contributed by atoms with Crippen molar-refractivity contribution >= 4 is 5.78 Å². The molecule has 4 aliphatic carbocycles. The molecule has 0 saturated heterocycles. The lowest BCUT2D eigenvalue weighted by molar-refractivity contribution is -0.143. The average molecular weight is 231 g/mol. The third-order valence-corrected chi connectivity index (χ3v) is 5.32. The summed E-state index contributed by atoms with van der Waals surface area (Å²) in [5.74, 6) is 3.04. The summed E-state index contributed by atoms with van der Waals surface area (Å²) in [6.07, 6.45) is 9.66. The van der Waals surface area contributed by atoms with Crippen molar-refractivity contribution in [3.63, 3.8) is 0 Å². The van der Waals surface area contributed by atoms with Gasteiger partial charge >= 0.3 is 0 Å². The first kappa shape index (κ1) is 11.3. The molecule has 0 heterocycles. The minimum atomic E-state index is 0.0597. The van der Waals surface area contributed by atoms with Gasteiger partial charge in [-0.05, 0) is 62.7 Å². The second-order valence-corrected chi connectivity index (χ2v) is 6.63. The Morgan fingerprint density at radius 2 is 1.65 bits per heavy atom. The Bertz CT molecular complexity index is 330. The highest BCUT2D eigenvalue weighted by molar-refractivity contribution is 5.85. The van der Waals surface area contributed by atoms with Crippen LogP contribution in [0.4, 0.5) is 0 Å². The fraction of sp³-hybridized carbons (Fsp3) is 0.867. The first-order valence-corrected chi connectivity index (χ1v) is 7.12. The van der Waals surface area contributed by atoms with Crippen LogP contribution >= 0.6 is 0 Å². The van der Waals surface area contributed by atoms with E-state index in [9.17, 15) is 4.79 Å². The molecule has 4 fully saturated rings. The third kappa shape index (κ3) is 1.90. The van der Waals surface area contributed by atoms with Crippen molar-refractivity contribution in [1.82, 2.24) is 0 Å². The molecule has 2 nitrogen and oxygen atoms in total. The van der Waals surface area contributed by atoms with Gasteiger partial charge in [-0.1, -0.05) is 0 Å². The van der Waals surface area contributed by atoms with Gasteiger partial charge in [-0.15, -0.1) is 0 Å². The van der Waals surface area contributed by atoms with E-state index in [4.69, 9.17) is 5.26 Å². The highest BCUT2D eigenvalue weighted by atomic mass is 16.1. The lowest BCUT2D eigenvalue weighted by atomic mass is 9.48. The Morgan fingerprint density at radius 1 is 1.12 bits per heavy atom. The summed E-state index contributed by atoms with van der Waals surface area (Å²) in [5, 5.41) is 8.55. The SMILES string of the molecule is N#CCCCC(=O)C12CC3CC(CC(C3)C1)C2. The molecule has 0 atom stereocenters. The van der Waals surface area contributed by atoms with Crippen LogP contribution in [0.2, 0.25) is 0 Å². The quantitative estimate of drug-likeness (QED) is 0.695. The molecule has 0 spiro atoms. The topological polar surface area (TPSA) is 40.9 Å². The fourth-order valence-electron chi connectivity index (χ4n) is 5.05. The van der Waals surface area contributed by atoms with Crippen molar-refractivity contribution < 1.29 is 4.79 Å². The number of nitrogens with zero attached hydrogens (tertiary/aromatic N) is 1. The number of hydrogen-bond acceptors (Lipinski definition) is 2. The number of carbonyl (C=O) groups excluding carboxylic acids is 1. The molecule has 17 heavy (non-hydrogen) atoms. The van der Waals surface area contributed by atoms with E-state index in [0.717, 1.165) is 24.2 Å². The van der Waals surface area contributed by atoms with E-state index in [1.54, 1.807) is 0 Å². The van der Waals surface area contributed by atoms with Gasteiger partial charge in [0.15, 0.2) is 0 Å². The zero-order chi connectivity index (χ0) is 11.9. The lowest BCUT2D eigenvalue weighted by Gasteiger charge is -2.56. The van der Waals surface area contributed by atoms with Gasteiger partial charge < -0.3 is 0 Å². The Labute approximate surface area is 103 Å². The van der Waals surface area contributed by atoms with Crippen molar-refractivity contribution in [1.29, 1.82) is 5.26 Å². The minimum absolute atomic E-state index is 0.0597. The number of ketones is 1. The first-order valence-electron chi connectivity index (χ1n) is 7.12. The van der Waals surface area contributed by atoms with E-state index in [2.05, 4.69) is 6.07 Å². The van der Waals surface area contributed by atoms with E-state index in [0.29, 0.717) is 18.6 Å². The molecular formula is C15H21NO. The number of nitriles is 1. The van der Waals surface area contributed by atoms with Crippen LogP contribution in [0, 0.1) is 34.5 Å². The van der Waals surface area contributed by atoms with Crippen LogP contribution in [-0.4, -0.2) is 5.78 Å². The minimum Gasteiger partial charge on any atom is -0.299 e. The van der Waals surface area contributed by atoms with Crippen molar-refractivity contribution in [3.8, 4) is 6.07 Å². The lowest BCUT2D eigenvalue weighted by Crippen LogP contribution is -2.49. The van der Waals surface area contributed by atoms with Crippen LogP contribution in [0.25, 0.3) is 0 Å². The highest BCUT2D eigenvalue weighted by Crippen LogP contribution is 2.60. The molecule has 0 aliphatic heterocycles. The maximum atomic E-state index is 12.5. The summed E-state index contributed by atoms with van der Waals surface area (Å²) in [6.45, 7) is 0. The molecule has 0 aromatic carbocycles. The maximum Gasteiger partial charge on any atom is 0.139 e. The molecule has 0 radical (unpaired) electrons. The average Bonchev–Trinajstić information content (AvgIpc) is 2.27. The molecule has 0 amide bonds. The summed E-state index contributed by atoms with van der Waals surface area (Å²) in [5.41, 5.74) is 0.0597. The van der Waals surface area contributed by atoms with Crippen LogP contribution in [0.15, 0.2) is 0 Å². The normalized spacial score (nSPS) is 42.4. The molecule has 92 valence electrons. The number of carbonyl (C=O) groups is 1. The van der Waals surface area contributed by atoms with E-state index in [1.165, 1.54) is 38.5 Å². The second kappa shape index (κ2) is 4.12. The Kier molecular flexibility index (Phi) is 2.73. The third-order valence-electron chi connectivity index (χ3n) is 5.32. The van der Waals surface area contributed by atoms with Crippen molar-refractivity contribution in [2.75, 3.05) is 0 Å². The summed E-state index contributed by atoms with van der Waals surface area (Å²) < 4.78 is 0. The van der Waals surface area contributed by atoms with Crippen LogP contribution in [0.5, 0.6) is 0 Å². The van der Waals surface area contributed by atoms with E-state index < -0.39 is 0 Å². The first-order chi connectivity index (χ1) is 8.22. The Morgan fingerprint density at radius 3 is 2.12 bits per heavy atom. The molecule has 4 rings (SSSR count). The summed E-state index contributed by atoms with van der Waals surface area (Å²) in [7, 11) is 0. The molecule has 4 aliphatic rings. The van der Waals surface area contributed by atoms with Gasteiger partial charge in [0, 0.05) is 18.3 Å². The van der Waals surface area contributed by atoms with E-state index in [-0.39, 0.29) is 5.41 Å². The van der Waals surface area contributed by atoms with Crippen LogP contribution < -0.4 is 0 Å². The molecule has 4 bridgehead atoms. The second-order valence-electron chi connectivity index (χ2n) is 6.63. The predicted octanol–water partition coefficient (Wildman–Crippen LogP) is 3.47. The van der Waals surface area contributed by atoms with Crippen LogP contribution in [0.1, 0.15) is 57.8 Å². The smallest absolute Gasteiger partial charge is 0.139 e. The molecule has 0 aromatic heterocycles. The monoisotopic (exact) mass is 231 g/mol. The number of Topliss-reactive ketones (excluding diaryl/α,β-unsaturated/α-hetero) is 1. The molecule has 0 unspecified atom stereocenters. The van der Waals surface area contributed by atoms with Gasteiger partial charge in [-0.25, -0.2) is 0 Å². The molecule has 0 N–H and O–H groups in total. The van der Waals surface area contributed by atoms with Crippen molar-refractivity contribution in [2.45, 2.75) is 57.8 Å². The Hall–Kier alpha value is -0.840. The van der Waals surface area contributed by atoms with E-state index >= 15 is 0 Å². The summed E-state index contributed by atoms with van der Waals surface area (Å²) in [4.78, 5) is 12.5. The van der Waals surface area contributed by atoms with Crippen molar-refractivity contribution in [2.24, 2.45) is 23.2 Å². The van der Waals surface area contributed by atoms with Gasteiger partial charge in [-0.2, -0.15) is 5.26 Å². The molecule has 0 aromatic rings. The summed E-state index contributed by atoms with van der Waals surface area (Å²) in [6, 6.07) is 2.14. The largest absolute Gasteiger partial charge is 0.299 e. The van der Waals surface area contributed by atoms with Gasteiger partial charge in [0.2, 0.25) is 0 Å². The van der Waals surface area contributed by atoms with Crippen LogP contribution in [0.3, 0.4) is 0 Å². The summed E-state index contributed by atoms with van der Waals surface area (Å²) >= 11 is 0. The Balaban J connectivity index is 1.69. The number of hydrogen-bond donors (Lipinski definition) is 0. The zero-order valence-electron chi connectivity index (χ0n) is 10.5. The fourth-order valence-corrected chi connectivity index (χ4v) is 5.05. The van der Waals surface area contributed by atoms with Gasteiger partial charge in [0.25, 0.3) is 0 Å². The maximum absolute atomic E-state index is 12.5. The highest BCUT2D eigenvalue weighted by Gasteiger charge is 2.53. The van der Waals surface area contributed by atoms with Crippen molar-refractivity contribution in [3.05, 3.63) is 0 Å². The van der Waals surface area contributed by atoms with Crippen LogP contribution in [-0.2, 0) is 4.79 Å². The molecule has 2 heteroatoms. The predicted molar refractivity (Wildman–Crippen MR) is 65.1 cm³/mol. The number of rotatable bonds is 4. The van der Waals surface area contributed by atoms with Gasteiger partial charge in [0.1, 0.15) is 5.78 Å². The molecule has 4 saturated carbocycles. The number of unbranched alkanes of at least 4 members (excludes halogenated alkanes) is 1.